The molecule has 4 nitrogen and oxygen atoms in total. The fraction of sp³-hybridized carbons (Fsp3) is 0.357. The fourth-order valence-corrected chi connectivity index (χ4v) is 1.83. The van der Waals surface area contributed by atoms with Gasteiger partial charge in [-0.15, -0.1) is 0 Å². The molecule has 0 aliphatic carbocycles. The summed E-state index contributed by atoms with van der Waals surface area (Å²) in [5.41, 5.74) is 8.07. The molecule has 0 aliphatic rings. The van der Waals surface area contributed by atoms with Crippen LogP contribution in [-0.4, -0.2) is 16.2 Å². The maximum absolute atomic E-state index is 6.25. The zero-order chi connectivity index (χ0) is 13.0. The van der Waals surface area contributed by atoms with Crippen LogP contribution in [0.1, 0.15) is 30.6 Å². The van der Waals surface area contributed by atoms with Crippen LogP contribution >= 0.6 is 0 Å². The molecule has 2 rings (SSSR count). The van der Waals surface area contributed by atoms with Crippen molar-refractivity contribution in [3.63, 3.8) is 0 Å². The molecule has 96 valence electrons. The summed E-state index contributed by atoms with van der Waals surface area (Å²) in [5.74, 6) is 0.845. The van der Waals surface area contributed by atoms with Crippen molar-refractivity contribution in [2.75, 3.05) is 6.61 Å². The first kappa shape index (κ1) is 12.6. The van der Waals surface area contributed by atoms with Gasteiger partial charge in [-0.3, -0.25) is 0 Å². The largest absolute Gasteiger partial charge is 0.493 e. The molecule has 0 saturated heterocycles. The Morgan fingerprint density at radius 3 is 2.83 bits per heavy atom. The Morgan fingerprint density at radius 1 is 1.39 bits per heavy atom. The summed E-state index contributed by atoms with van der Waals surface area (Å²) in [6.07, 6.45) is 4.67. The number of para-hydroxylation sites is 1. The lowest BCUT2D eigenvalue weighted by atomic mass is 10.0. The molecule has 0 bridgehead atoms. The number of nitrogens with zero attached hydrogens (tertiary/aromatic N) is 2. The Morgan fingerprint density at radius 2 is 2.17 bits per heavy atom. The van der Waals surface area contributed by atoms with Gasteiger partial charge in [0.1, 0.15) is 5.75 Å². The van der Waals surface area contributed by atoms with Crippen LogP contribution in [0.2, 0.25) is 0 Å². The quantitative estimate of drug-likeness (QED) is 0.879. The number of nitrogens with two attached hydrogens (primary N) is 1. The number of hydrogen-bond acceptors (Lipinski definition) is 3. The minimum atomic E-state index is -0.251. The summed E-state index contributed by atoms with van der Waals surface area (Å²) >= 11 is 0. The van der Waals surface area contributed by atoms with Gasteiger partial charge in [0.25, 0.3) is 0 Å². The fourth-order valence-electron chi connectivity index (χ4n) is 1.83. The van der Waals surface area contributed by atoms with Crippen LogP contribution in [0.25, 0.3) is 0 Å². The number of hydrogen-bond donors (Lipinski definition) is 1. The van der Waals surface area contributed by atoms with Crippen molar-refractivity contribution < 1.29 is 4.74 Å². The van der Waals surface area contributed by atoms with E-state index in [0.29, 0.717) is 6.61 Å². The van der Waals surface area contributed by atoms with Gasteiger partial charge in [-0.25, -0.2) is 4.98 Å². The zero-order valence-electron chi connectivity index (χ0n) is 10.8. The molecule has 0 amide bonds. The molecule has 4 heteroatoms. The molecule has 2 aromatic rings. The average Bonchev–Trinajstić information content (AvgIpc) is 2.82. The van der Waals surface area contributed by atoms with E-state index in [4.69, 9.17) is 10.5 Å². The predicted molar refractivity (Wildman–Crippen MR) is 71.5 cm³/mol. The van der Waals surface area contributed by atoms with E-state index in [-0.39, 0.29) is 6.04 Å². The highest BCUT2D eigenvalue weighted by Crippen LogP contribution is 2.27. The lowest BCUT2D eigenvalue weighted by Crippen LogP contribution is -2.14. The van der Waals surface area contributed by atoms with E-state index in [1.54, 1.807) is 6.33 Å². The second-order valence-corrected chi connectivity index (χ2v) is 4.33. The van der Waals surface area contributed by atoms with Gasteiger partial charge < -0.3 is 15.0 Å². The molecule has 0 aliphatic heterocycles. The highest BCUT2D eigenvalue weighted by Gasteiger charge is 2.15. The third-order valence-corrected chi connectivity index (χ3v) is 2.76. The summed E-state index contributed by atoms with van der Waals surface area (Å²) in [6.45, 7) is 2.78. The molecule has 0 spiro atoms. The molecular formula is C14H19N3O. The van der Waals surface area contributed by atoms with Crippen molar-refractivity contribution in [1.82, 2.24) is 9.55 Å². The molecule has 0 fully saturated rings. The number of ether oxygens (including phenoxy) is 1. The molecule has 0 saturated carbocycles. The Balaban J connectivity index is 2.26. The van der Waals surface area contributed by atoms with Gasteiger partial charge in [0.05, 0.1) is 24.7 Å². The van der Waals surface area contributed by atoms with Crippen molar-refractivity contribution >= 4 is 0 Å². The second-order valence-electron chi connectivity index (χ2n) is 4.33. The maximum atomic E-state index is 6.25. The molecule has 1 aromatic heterocycles. The van der Waals surface area contributed by atoms with Crippen molar-refractivity contribution in [2.24, 2.45) is 12.8 Å². The summed E-state index contributed by atoms with van der Waals surface area (Å²) in [6, 6.07) is 7.62. The molecule has 0 radical (unpaired) electrons. The first-order valence-electron chi connectivity index (χ1n) is 6.17. The third kappa shape index (κ3) is 2.71. The van der Waals surface area contributed by atoms with E-state index in [9.17, 15) is 0 Å². The Hall–Kier alpha value is -1.81. The minimum absolute atomic E-state index is 0.251. The number of aryl methyl sites for hydroxylation is 1. The smallest absolute Gasteiger partial charge is 0.124 e. The molecule has 2 N–H and O–H groups in total. The van der Waals surface area contributed by atoms with Crippen molar-refractivity contribution in [3.8, 4) is 5.75 Å². The van der Waals surface area contributed by atoms with Crippen LogP contribution in [-0.2, 0) is 7.05 Å². The molecule has 1 atom stereocenters. The molecular weight excluding hydrogens is 226 g/mol. The maximum Gasteiger partial charge on any atom is 0.124 e. The van der Waals surface area contributed by atoms with Gasteiger partial charge in [0.2, 0.25) is 0 Å². The summed E-state index contributed by atoms with van der Waals surface area (Å²) in [7, 11) is 1.93. The minimum Gasteiger partial charge on any atom is -0.493 e. The van der Waals surface area contributed by atoms with Crippen LogP contribution in [0, 0.1) is 0 Å². The monoisotopic (exact) mass is 245 g/mol. The predicted octanol–water partition coefficient (Wildman–Crippen LogP) is 2.26. The summed E-state index contributed by atoms with van der Waals surface area (Å²) in [5, 5.41) is 0. The SMILES string of the molecule is CCCOc1ccccc1C(N)c1cn(C)cn1. The van der Waals surface area contributed by atoms with E-state index in [0.717, 1.165) is 23.4 Å². The highest BCUT2D eigenvalue weighted by atomic mass is 16.5. The van der Waals surface area contributed by atoms with Crippen LogP contribution in [0.3, 0.4) is 0 Å². The standard InChI is InChI=1S/C14H19N3O/c1-3-8-18-13-7-5-4-6-11(13)14(15)12-9-17(2)10-16-12/h4-7,9-10,14H,3,8,15H2,1-2H3. The normalized spacial score (nSPS) is 12.4. The number of benzene rings is 1. The number of rotatable bonds is 5. The van der Waals surface area contributed by atoms with Gasteiger partial charge in [-0.1, -0.05) is 25.1 Å². The zero-order valence-corrected chi connectivity index (χ0v) is 10.8. The van der Waals surface area contributed by atoms with Crippen LogP contribution < -0.4 is 10.5 Å². The van der Waals surface area contributed by atoms with E-state index in [1.165, 1.54) is 0 Å². The summed E-state index contributed by atoms with van der Waals surface area (Å²) in [4.78, 5) is 4.30. The van der Waals surface area contributed by atoms with Gasteiger partial charge in [0, 0.05) is 18.8 Å². The lowest BCUT2D eigenvalue weighted by molar-refractivity contribution is 0.313. The summed E-state index contributed by atoms with van der Waals surface area (Å²) < 4.78 is 7.61. The van der Waals surface area contributed by atoms with Crippen LogP contribution in [0.5, 0.6) is 5.75 Å². The number of imidazole rings is 1. The van der Waals surface area contributed by atoms with Crippen molar-refractivity contribution in [2.45, 2.75) is 19.4 Å². The van der Waals surface area contributed by atoms with Gasteiger partial charge in [-0.2, -0.15) is 0 Å². The average molecular weight is 245 g/mol. The van der Waals surface area contributed by atoms with E-state index in [1.807, 2.05) is 42.1 Å². The van der Waals surface area contributed by atoms with Crippen LogP contribution in [0.15, 0.2) is 36.8 Å². The van der Waals surface area contributed by atoms with E-state index >= 15 is 0 Å². The van der Waals surface area contributed by atoms with Crippen LogP contribution in [0.4, 0.5) is 0 Å². The third-order valence-electron chi connectivity index (χ3n) is 2.76. The lowest BCUT2D eigenvalue weighted by Gasteiger charge is -2.15. The van der Waals surface area contributed by atoms with Crippen molar-refractivity contribution in [3.05, 3.63) is 48.0 Å². The van der Waals surface area contributed by atoms with E-state index in [2.05, 4.69) is 11.9 Å². The first-order valence-corrected chi connectivity index (χ1v) is 6.17. The Kier molecular flexibility index (Phi) is 3.99. The Bertz CT molecular complexity index is 507. The van der Waals surface area contributed by atoms with Crippen molar-refractivity contribution in [1.29, 1.82) is 0 Å². The van der Waals surface area contributed by atoms with Gasteiger partial charge in [0.15, 0.2) is 0 Å². The second kappa shape index (κ2) is 5.69. The highest BCUT2D eigenvalue weighted by molar-refractivity contribution is 5.39. The van der Waals surface area contributed by atoms with Gasteiger partial charge in [-0.05, 0) is 12.5 Å². The number of aromatic nitrogens is 2. The molecule has 1 unspecified atom stereocenters. The molecule has 18 heavy (non-hydrogen) atoms. The van der Waals surface area contributed by atoms with E-state index < -0.39 is 0 Å². The first-order chi connectivity index (χ1) is 8.72. The van der Waals surface area contributed by atoms with Gasteiger partial charge >= 0.3 is 0 Å². The molecule has 1 aromatic carbocycles. The molecule has 1 heterocycles. The Labute approximate surface area is 107 Å². The topological polar surface area (TPSA) is 53.1 Å².